The predicted molar refractivity (Wildman–Crippen MR) is 54.6 cm³/mol. The number of hydrogen-bond donors (Lipinski definition) is 1. The molecule has 0 aliphatic rings. The van der Waals surface area contributed by atoms with E-state index in [1.807, 2.05) is 13.8 Å². The van der Waals surface area contributed by atoms with Gasteiger partial charge in [-0.1, -0.05) is 13.8 Å². The van der Waals surface area contributed by atoms with E-state index in [1.54, 1.807) is 0 Å². The Hall–Kier alpha value is -1.17. The van der Waals surface area contributed by atoms with E-state index in [-0.39, 0.29) is 5.92 Å². The molecule has 0 aromatic carbocycles. The molecule has 0 saturated carbocycles. The summed E-state index contributed by atoms with van der Waals surface area (Å²) < 4.78 is 24.4. The van der Waals surface area contributed by atoms with Gasteiger partial charge in [-0.15, -0.1) is 0 Å². The first-order valence-corrected chi connectivity index (χ1v) is 6.07. The van der Waals surface area contributed by atoms with Crippen molar-refractivity contribution in [2.75, 3.05) is 11.0 Å². The summed E-state index contributed by atoms with van der Waals surface area (Å²) in [5, 5.41) is 0. The molecule has 0 radical (unpaired) electrons. The Balaban J connectivity index is 3.08. The zero-order chi connectivity index (χ0) is 10.8. The quantitative estimate of drug-likeness (QED) is 0.815. The molecule has 0 spiro atoms. The van der Waals surface area contributed by atoms with E-state index in [1.165, 1.54) is 12.5 Å². The maximum absolute atomic E-state index is 11.0. The van der Waals surface area contributed by atoms with Gasteiger partial charge in [-0.3, -0.25) is 4.72 Å². The number of hydrogen-bond acceptors (Lipinski definition) is 4. The van der Waals surface area contributed by atoms with Crippen LogP contribution in [0.5, 0.6) is 0 Å². The zero-order valence-corrected chi connectivity index (χ0v) is 9.17. The van der Waals surface area contributed by atoms with Gasteiger partial charge in [-0.25, -0.2) is 18.4 Å². The van der Waals surface area contributed by atoms with Gasteiger partial charge in [0.2, 0.25) is 10.0 Å². The first-order chi connectivity index (χ1) is 6.40. The minimum Gasteiger partial charge on any atom is -0.280 e. The first-order valence-electron chi connectivity index (χ1n) is 4.18. The number of rotatable bonds is 3. The second-order valence-corrected chi connectivity index (χ2v) is 5.10. The van der Waals surface area contributed by atoms with Crippen molar-refractivity contribution in [3.8, 4) is 0 Å². The highest BCUT2D eigenvalue weighted by atomic mass is 32.2. The smallest absolute Gasteiger partial charge is 0.229 e. The maximum Gasteiger partial charge on any atom is 0.229 e. The summed E-state index contributed by atoms with van der Waals surface area (Å²) in [6.45, 7) is 3.88. The van der Waals surface area contributed by atoms with Crippen molar-refractivity contribution in [3.63, 3.8) is 0 Å². The Kier molecular flexibility index (Phi) is 3.05. The van der Waals surface area contributed by atoms with Crippen molar-refractivity contribution in [2.45, 2.75) is 19.8 Å². The van der Waals surface area contributed by atoms with Gasteiger partial charge in [0.15, 0.2) is 0 Å². The number of anilines is 1. The van der Waals surface area contributed by atoms with Crippen molar-refractivity contribution < 1.29 is 8.42 Å². The van der Waals surface area contributed by atoms with Crippen LogP contribution in [0.15, 0.2) is 12.5 Å². The van der Waals surface area contributed by atoms with E-state index < -0.39 is 10.0 Å². The molecule has 0 atom stereocenters. The topological polar surface area (TPSA) is 72.0 Å². The molecule has 0 aliphatic carbocycles. The lowest BCUT2D eigenvalue weighted by atomic mass is 10.1. The van der Waals surface area contributed by atoms with Crippen molar-refractivity contribution in [3.05, 3.63) is 18.2 Å². The van der Waals surface area contributed by atoms with Crippen molar-refractivity contribution in [2.24, 2.45) is 0 Å². The second kappa shape index (κ2) is 3.91. The highest BCUT2D eigenvalue weighted by Crippen LogP contribution is 2.20. The van der Waals surface area contributed by atoms with Crippen molar-refractivity contribution in [1.29, 1.82) is 0 Å². The van der Waals surface area contributed by atoms with Gasteiger partial charge < -0.3 is 0 Å². The molecule has 1 aromatic rings. The second-order valence-electron chi connectivity index (χ2n) is 3.35. The zero-order valence-electron chi connectivity index (χ0n) is 8.35. The summed E-state index contributed by atoms with van der Waals surface area (Å²) in [5.41, 5.74) is 1.15. The Labute approximate surface area is 83.6 Å². The summed E-state index contributed by atoms with van der Waals surface area (Å²) in [7, 11) is -3.26. The third-order valence-electron chi connectivity index (χ3n) is 1.59. The molecule has 1 heterocycles. The van der Waals surface area contributed by atoms with Crippen molar-refractivity contribution in [1.82, 2.24) is 9.97 Å². The van der Waals surface area contributed by atoms with Gasteiger partial charge in [0, 0.05) is 0 Å². The van der Waals surface area contributed by atoms with Crippen LogP contribution < -0.4 is 4.72 Å². The van der Waals surface area contributed by atoms with E-state index in [2.05, 4.69) is 14.7 Å². The van der Waals surface area contributed by atoms with E-state index >= 15 is 0 Å². The molecular formula is C8H13N3O2S. The molecule has 0 amide bonds. The van der Waals surface area contributed by atoms with Gasteiger partial charge in [-0.2, -0.15) is 0 Å². The minimum absolute atomic E-state index is 0.155. The summed E-state index contributed by atoms with van der Waals surface area (Å²) in [5.74, 6) is 0.155. The predicted octanol–water partition coefficient (Wildman–Crippen LogP) is 0.972. The van der Waals surface area contributed by atoms with Crippen LogP contribution in [0.25, 0.3) is 0 Å². The van der Waals surface area contributed by atoms with Crippen LogP contribution in [-0.2, 0) is 10.0 Å². The van der Waals surface area contributed by atoms with Gasteiger partial charge >= 0.3 is 0 Å². The fourth-order valence-corrected chi connectivity index (χ4v) is 1.63. The minimum atomic E-state index is -3.26. The molecule has 0 aliphatic heterocycles. The molecule has 0 saturated heterocycles. The van der Waals surface area contributed by atoms with E-state index in [0.717, 1.165) is 6.26 Å². The first kappa shape index (κ1) is 10.9. The molecule has 0 bridgehead atoms. The lowest BCUT2D eigenvalue weighted by Crippen LogP contribution is -2.12. The van der Waals surface area contributed by atoms with Crippen LogP contribution >= 0.6 is 0 Å². The summed E-state index contributed by atoms with van der Waals surface area (Å²) in [4.78, 5) is 7.80. The largest absolute Gasteiger partial charge is 0.280 e. The molecule has 78 valence electrons. The number of nitrogens with one attached hydrogen (secondary N) is 1. The molecular weight excluding hydrogens is 202 g/mol. The molecule has 5 nitrogen and oxygen atoms in total. The molecule has 1 aromatic heterocycles. The Morgan fingerprint density at radius 1 is 1.43 bits per heavy atom. The Morgan fingerprint density at radius 2 is 2.07 bits per heavy atom. The normalized spacial score (nSPS) is 11.7. The average molecular weight is 215 g/mol. The molecule has 0 fully saturated rings. The highest BCUT2D eigenvalue weighted by Gasteiger charge is 2.11. The molecule has 0 unspecified atom stereocenters. The number of sulfonamides is 1. The molecule has 14 heavy (non-hydrogen) atoms. The van der Waals surface area contributed by atoms with Crippen LogP contribution in [0, 0.1) is 0 Å². The molecule has 1 N–H and O–H groups in total. The Morgan fingerprint density at radius 3 is 2.57 bits per heavy atom. The highest BCUT2D eigenvalue weighted by molar-refractivity contribution is 7.92. The van der Waals surface area contributed by atoms with Crippen LogP contribution in [-0.4, -0.2) is 24.6 Å². The van der Waals surface area contributed by atoms with Crippen LogP contribution in [0.2, 0.25) is 0 Å². The monoisotopic (exact) mass is 215 g/mol. The van der Waals surface area contributed by atoms with Crippen molar-refractivity contribution >= 4 is 15.7 Å². The fraction of sp³-hybridized carbons (Fsp3) is 0.500. The van der Waals surface area contributed by atoms with Crippen LogP contribution in [0.1, 0.15) is 25.5 Å². The van der Waals surface area contributed by atoms with Gasteiger partial charge in [0.25, 0.3) is 0 Å². The average Bonchev–Trinajstić information content (AvgIpc) is 2.01. The van der Waals surface area contributed by atoms with E-state index in [9.17, 15) is 8.42 Å². The van der Waals surface area contributed by atoms with E-state index in [4.69, 9.17) is 0 Å². The molecule has 1 rings (SSSR count). The number of nitrogens with zero attached hydrogens (tertiary/aromatic N) is 2. The Bertz CT molecular complexity index is 414. The fourth-order valence-electron chi connectivity index (χ4n) is 1.08. The van der Waals surface area contributed by atoms with Gasteiger partial charge in [-0.05, 0) is 5.92 Å². The molecule has 6 heteroatoms. The SMILES string of the molecule is CC(C)c1ncncc1NS(C)(=O)=O. The standard InChI is InChI=1S/C8H13N3O2S/c1-6(2)8-7(4-9-5-10-8)11-14(3,12)13/h4-6,11H,1-3H3. The lowest BCUT2D eigenvalue weighted by molar-refractivity contribution is 0.606. The van der Waals surface area contributed by atoms with Crippen LogP contribution in [0.4, 0.5) is 5.69 Å². The number of aromatic nitrogens is 2. The third-order valence-corrected chi connectivity index (χ3v) is 2.18. The maximum atomic E-state index is 11.0. The lowest BCUT2D eigenvalue weighted by Gasteiger charge is -2.10. The van der Waals surface area contributed by atoms with E-state index in [0.29, 0.717) is 11.4 Å². The summed E-state index contributed by atoms with van der Waals surface area (Å²) >= 11 is 0. The van der Waals surface area contributed by atoms with Gasteiger partial charge in [0.1, 0.15) is 6.33 Å². The summed E-state index contributed by atoms with van der Waals surface area (Å²) in [6.07, 6.45) is 3.97. The summed E-state index contributed by atoms with van der Waals surface area (Å²) in [6, 6.07) is 0. The van der Waals surface area contributed by atoms with Crippen LogP contribution in [0.3, 0.4) is 0 Å². The third kappa shape index (κ3) is 2.95. The van der Waals surface area contributed by atoms with Gasteiger partial charge in [0.05, 0.1) is 23.8 Å².